The second-order valence-electron chi connectivity index (χ2n) is 6.22. The van der Waals surface area contributed by atoms with Gasteiger partial charge in [-0.2, -0.15) is 0 Å². The molecule has 0 amide bonds. The van der Waals surface area contributed by atoms with Crippen LogP contribution in [0.4, 0.5) is 0 Å². The van der Waals surface area contributed by atoms with Gasteiger partial charge < -0.3 is 10.0 Å². The van der Waals surface area contributed by atoms with Crippen LogP contribution in [0.2, 0.25) is 0 Å². The molecule has 0 heterocycles. The summed E-state index contributed by atoms with van der Waals surface area (Å²) in [5, 5.41) is 10.3. The highest BCUT2D eigenvalue weighted by Gasteiger charge is 2.26. The summed E-state index contributed by atoms with van der Waals surface area (Å²) in [6, 6.07) is 0.427. The summed E-state index contributed by atoms with van der Waals surface area (Å²) in [4.78, 5) is 2.46. The zero-order valence-electron chi connectivity index (χ0n) is 11.4. The molecule has 0 bridgehead atoms. The van der Waals surface area contributed by atoms with E-state index in [1.54, 1.807) is 0 Å². The second-order valence-corrected chi connectivity index (χ2v) is 6.22. The molecule has 2 nitrogen and oxygen atoms in total. The van der Waals surface area contributed by atoms with E-state index in [4.69, 9.17) is 0 Å². The quantitative estimate of drug-likeness (QED) is 0.817. The van der Waals surface area contributed by atoms with Gasteiger partial charge in [0.2, 0.25) is 0 Å². The van der Waals surface area contributed by atoms with Crippen LogP contribution in [0, 0.1) is 5.92 Å². The molecule has 2 aliphatic carbocycles. The summed E-state index contributed by atoms with van der Waals surface area (Å²) in [6.45, 7) is 1.21. The molecule has 0 aliphatic heterocycles. The zero-order chi connectivity index (χ0) is 12.1. The fourth-order valence-electron chi connectivity index (χ4n) is 3.70. The number of rotatable bonds is 3. The van der Waals surface area contributed by atoms with Crippen LogP contribution in [-0.4, -0.2) is 35.7 Å². The lowest BCUT2D eigenvalue weighted by Crippen LogP contribution is -2.43. The lowest BCUT2D eigenvalue weighted by molar-refractivity contribution is 0.0375. The molecule has 2 rings (SSSR count). The van der Waals surface area contributed by atoms with Crippen molar-refractivity contribution >= 4 is 0 Å². The first-order valence-electron chi connectivity index (χ1n) is 7.65. The summed E-state index contributed by atoms with van der Waals surface area (Å²) in [5.41, 5.74) is 0. The van der Waals surface area contributed by atoms with Crippen molar-refractivity contribution in [3.63, 3.8) is 0 Å². The second kappa shape index (κ2) is 6.75. The maximum absolute atomic E-state index is 10.3. The standard InChI is InChI=1S/C15H29NO/c1-16(12-13-8-6-7-9-13)14-10-4-2-3-5-11-15(14)17/h13-15,17H,2-12H2,1H3. The largest absolute Gasteiger partial charge is 0.391 e. The van der Waals surface area contributed by atoms with Crippen LogP contribution in [0.3, 0.4) is 0 Å². The summed E-state index contributed by atoms with van der Waals surface area (Å²) < 4.78 is 0. The number of hydrogen-bond acceptors (Lipinski definition) is 2. The Bertz CT molecular complexity index is 213. The predicted molar refractivity (Wildman–Crippen MR) is 72.1 cm³/mol. The van der Waals surface area contributed by atoms with Gasteiger partial charge in [-0.1, -0.05) is 38.5 Å². The van der Waals surface area contributed by atoms with Crippen molar-refractivity contribution in [2.75, 3.05) is 13.6 Å². The highest BCUT2D eigenvalue weighted by molar-refractivity contribution is 4.81. The molecule has 17 heavy (non-hydrogen) atoms. The Morgan fingerprint density at radius 2 is 1.47 bits per heavy atom. The molecule has 100 valence electrons. The molecule has 0 saturated heterocycles. The van der Waals surface area contributed by atoms with Crippen molar-refractivity contribution in [1.82, 2.24) is 4.90 Å². The van der Waals surface area contributed by atoms with Crippen molar-refractivity contribution in [1.29, 1.82) is 0 Å². The molecule has 2 saturated carbocycles. The van der Waals surface area contributed by atoms with E-state index in [1.165, 1.54) is 64.3 Å². The third kappa shape index (κ3) is 3.96. The lowest BCUT2D eigenvalue weighted by atomic mass is 9.92. The lowest BCUT2D eigenvalue weighted by Gasteiger charge is -2.35. The van der Waals surface area contributed by atoms with Crippen molar-refractivity contribution in [2.45, 2.75) is 76.4 Å². The maximum atomic E-state index is 10.3. The van der Waals surface area contributed by atoms with Crippen LogP contribution in [0.25, 0.3) is 0 Å². The minimum atomic E-state index is -0.0818. The minimum absolute atomic E-state index is 0.0818. The first-order chi connectivity index (χ1) is 8.27. The fourth-order valence-corrected chi connectivity index (χ4v) is 3.70. The zero-order valence-corrected chi connectivity index (χ0v) is 11.4. The molecule has 2 fully saturated rings. The Labute approximate surface area is 106 Å². The number of hydrogen-bond donors (Lipinski definition) is 1. The highest BCUT2D eigenvalue weighted by atomic mass is 16.3. The van der Waals surface area contributed by atoms with Gasteiger partial charge in [-0.25, -0.2) is 0 Å². The Morgan fingerprint density at radius 3 is 2.18 bits per heavy atom. The third-order valence-corrected chi connectivity index (χ3v) is 4.78. The Kier molecular flexibility index (Phi) is 5.30. The van der Waals surface area contributed by atoms with E-state index >= 15 is 0 Å². The van der Waals surface area contributed by atoms with Gasteiger partial charge in [-0.15, -0.1) is 0 Å². The molecule has 2 unspecified atom stereocenters. The van der Waals surface area contributed by atoms with Gasteiger partial charge in [0.05, 0.1) is 6.10 Å². The minimum Gasteiger partial charge on any atom is -0.391 e. The third-order valence-electron chi connectivity index (χ3n) is 4.78. The molecule has 0 aromatic carbocycles. The first-order valence-corrected chi connectivity index (χ1v) is 7.65. The van der Waals surface area contributed by atoms with Gasteiger partial charge >= 0.3 is 0 Å². The van der Waals surface area contributed by atoms with Crippen LogP contribution >= 0.6 is 0 Å². The average molecular weight is 239 g/mol. The molecule has 0 spiro atoms. The van der Waals surface area contributed by atoms with Crippen LogP contribution in [0.15, 0.2) is 0 Å². The summed E-state index contributed by atoms with van der Waals surface area (Å²) in [7, 11) is 2.23. The van der Waals surface area contributed by atoms with Gasteiger partial charge in [-0.05, 0) is 38.6 Å². The number of aliphatic hydroxyl groups is 1. The molecule has 2 atom stereocenters. The Balaban J connectivity index is 1.83. The van der Waals surface area contributed by atoms with E-state index in [9.17, 15) is 5.11 Å². The molecule has 1 N–H and O–H groups in total. The molecule has 0 aromatic heterocycles. The van der Waals surface area contributed by atoms with Crippen molar-refractivity contribution in [3.05, 3.63) is 0 Å². The molecule has 0 aromatic rings. The van der Waals surface area contributed by atoms with Crippen LogP contribution in [0.1, 0.15) is 64.2 Å². The molecular formula is C15H29NO. The molecule has 2 aliphatic rings. The van der Waals surface area contributed by atoms with E-state index in [-0.39, 0.29) is 6.10 Å². The molecular weight excluding hydrogens is 210 g/mol. The average Bonchev–Trinajstić information content (AvgIpc) is 2.76. The van der Waals surface area contributed by atoms with Crippen molar-refractivity contribution in [2.24, 2.45) is 5.92 Å². The Hall–Kier alpha value is -0.0800. The molecule has 2 heteroatoms. The normalized spacial score (nSPS) is 32.6. The fraction of sp³-hybridized carbons (Fsp3) is 1.00. The van der Waals surface area contributed by atoms with Gasteiger partial charge in [0.1, 0.15) is 0 Å². The van der Waals surface area contributed by atoms with Crippen molar-refractivity contribution < 1.29 is 5.11 Å². The molecule has 0 radical (unpaired) electrons. The van der Waals surface area contributed by atoms with E-state index in [1.807, 2.05) is 0 Å². The van der Waals surface area contributed by atoms with E-state index < -0.39 is 0 Å². The SMILES string of the molecule is CN(CC1CCCC1)C1CCCCCCC1O. The van der Waals surface area contributed by atoms with E-state index in [0.717, 1.165) is 12.3 Å². The van der Waals surface area contributed by atoms with E-state index in [0.29, 0.717) is 6.04 Å². The highest BCUT2D eigenvalue weighted by Crippen LogP contribution is 2.28. The Morgan fingerprint density at radius 1 is 0.882 bits per heavy atom. The number of likely N-dealkylation sites (N-methyl/N-ethyl adjacent to an activating group) is 1. The van der Waals surface area contributed by atoms with E-state index in [2.05, 4.69) is 11.9 Å². The first kappa shape index (κ1) is 13.4. The predicted octanol–water partition coefficient (Wildman–Crippen LogP) is 3.19. The van der Waals surface area contributed by atoms with Gasteiger partial charge in [0.15, 0.2) is 0 Å². The number of nitrogens with zero attached hydrogens (tertiary/aromatic N) is 1. The van der Waals surface area contributed by atoms with Gasteiger partial charge in [0.25, 0.3) is 0 Å². The summed E-state index contributed by atoms with van der Waals surface area (Å²) in [5.74, 6) is 0.901. The smallest absolute Gasteiger partial charge is 0.0695 e. The topological polar surface area (TPSA) is 23.5 Å². The summed E-state index contributed by atoms with van der Waals surface area (Å²) >= 11 is 0. The van der Waals surface area contributed by atoms with Gasteiger partial charge in [0, 0.05) is 12.6 Å². The number of aliphatic hydroxyl groups excluding tert-OH is 1. The van der Waals surface area contributed by atoms with Crippen LogP contribution in [0.5, 0.6) is 0 Å². The van der Waals surface area contributed by atoms with Crippen LogP contribution in [-0.2, 0) is 0 Å². The van der Waals surface area contributed by atoms with Crippen LogP contribution < -0.4 is 0 Å². The maximum Gasteiger partial charge on any atom is 0.0695 e. The monoisotopic (exact) mass is 239 g/mol. The summed E-state index contributed by atoms with van der Waals surface area (Å²) in [6.07, 6.45) is 13.0. The van der Waals surface area contributed by atoms with Gasteiger partial charge in [-0.3, -0.25) is 0 Å². The van der Waals surface area contributed by atoms with Crippen molar-refractivity contribution in [3.8, 4) is 0 Å².